The molecule has 1 amide bonds. The minimum Gasteiger partial charge on any atom is -0.378 e. The maximum absolute atomic E-state index is 13.3. The van der Waals surface area contributed by atoms with Crippen molar-refractivity contribution in [3.63, 3.8) is 0 Å². The quantitative estimate of drug-likeness (QED) is 0.397. The molecule has 0 aromatic heterocycles. The van der Waals surface area contributed by atoms with Gasteiger partial charge in [0, 0.05) is 31.4 Å². The number of nitrogens with one attached hydrogen (secondary N) is 1. The Morgan fingerprint density at radius 2 is 1.85 bits per heavy atom. The number of rotatable bonds is 4. The van der Waals surface area contributed by atoms with Crippen LogP contribution in [-0.4, -0.2) is 24.9 Å². The Morgan fingerprint density at radius 1 is 1.19 bits per heavy atom. The van der Waals surface area contributed by atoms with Gasteiger partial charge < -0.3 is 10.2 Å². The number of carbonyl (C=O) groups is 1. The molecular weight excluding hydrogens is 466 g/mol. The third-order valence-corrected chi connectivity index (χ3v) is 4.39. The highest BCUT2D eigenvalue weighted by atomic mass is 127. The molecule has 0 radical (unpaired) electrons. The highest BCUT2D eigenvalue weighted by molar-refractivity contribution is 14.1. The summed E-state index contributed by atoms with van der Waals surface area (Å²) >= 11 is 1.74. The van der Waals surface area contributed by atoms with Gasteiger partial charge in [0.1, 0.15) is 0 Å². The smallest absolute Gasteiger partial charge is 0.378 e. The van der Waals surface area contributed by atoms with E-state index >= 15 is 0 Å². The highest BCUT2D eigenvalue weighted by Gasteiger charge is 2.34. The van der Waals surface area contributed by atoms with Gasteiger partial charge in [-0.3, -0.25) is 14.9 Å². The summed E-state index contributed by atoms with van der Waals surface area (Å²) in [4.78, 5) is 24.1. The number of benzene rings is 2. The Balaban J connectivity index is 2.40. The van der Waals surface area contributed by atoms with Crippen LogP contribution in [0.15, 0.2) is 36.4 Å². The van der Waals surface area contributed by atoms with Gasteiger partial charge in [0.15, 0.2) is 0 Å². The number of nitro benzene ring substituents is 1. The number of nitrogens with zero attached hydrogens (tertiary/aromatic N) is 2. The summed E-state index contributed by atoms with van der Waals surface area (Å²) in [5.41, 5.74) is -1.51. The molecule has 1 N–H and O–H groups in total. The van der Waals surface area contributed by atoms with Gasteiger partial charge in [0.2, 0.25) is 0 Å². The molecule has 2 aromatic rings. The normalized spacial score (nSPS) is 11.2. The van der Waals surface area contributed by atoms with E-state index in [2.05, 4.69) is 5.32 Å². The molecule has 0 saturated heterocycles. The first-order chi connectivity index (χ1) is 12.0. The van der Waals surface area contributed by atoms with Crippen molar-refractivity contribution >= 4 is 45.6 Å². The van der Waals surface area contributed by atoms with Crippen LogP contribution < -0.4 is 10.2 Å². The van der Waals surface area contributed by atoms with E-state index in [4.69, 9.17) is 0 Å². The van der Waals surface area contributed by atoms with Gasteiger partial charge in [0.05, 0.1) is 19.7 Å². The topological polar surface area (TPSA) is 75.5 Å². The van der Waals surface area contributed by atoms with Gasteiger partial charge >= 0.3 is 6.18 Å². The minimum atomic E-state index is -4.67. The van der Waals surface area contributed by atoms with E-state index in [9.17, 15) is 28.1 Å². The number of hydrogen-bond donors (Lipinski definition) is 1. The van der Waals surface area contributed by atoms with Crippen LogP contribution in [0.1, 0.15) is 15.9 Å². The Kier molecular flexibility index (Phi) is 5.74. The van der Waals surface area contributed by atoms with Crippen LogP contribution in [0.3, 0.4) is 0 Å². The van der Waals surface area contributed by atoms with Crippen LogP contribution in [0.25, 0.3) is 0 Å². The van der Waals surface area contributed by atoms with Crippen molar-refractivity contribution < 1.29 is 22.9 Å². The predicted molar refractivity (Wildman–Crippen MR) is 99.5 cm³/mol. The van der Waals surface area contributed by atoms with Gasteiger partial charge in [0.25, 0.3) is 11.6 Å². The molecule has 2 rings (SSSR count). The molecule has 10 heteroatoms. The SMILES string of the molecule is CN(C)c1ccc(NC(=O)c2ccc(I)c([N+](=O)[O-])c2)c(C(F)(F)F)c1. The Hall–Kier alpha value is -2.37. The molecule has 0 unspecified atom stereocenters. The zero-order valence-electron chi connectivity index (χ0n) is 13.6. The van der Waals surface area contributed by atoms with Crippen molar-refractivity contribution in [3.05, 3.63) is 61.2 Å². The molecule has 0 spiro atoms. The third kappa shape index (κ3) is 4.42. The van der Waals surface area contributed by atoms with E-state index in [1.807, 2.05) is 0 Å². The van der Waals surface area contributed by atoms with Gasteiger partial charge in [-0.15, -0.1) is 0 Å². The standard InChI is InChI=1S/C16H13F3IN3O3/c1-22(2)10-4-6-13(11(8-10)16(17,18)19)21-15(24)9-3-5-12(20)14(7-9)23(25)26/h3-8H,1-2H3,(H,21,24). The monoisotopic (exact) mass is 479 g/mol. The number of carbonyl (C=O) groups excluding carboxylic acids is 1. The summed E-state index contributed by atoms with van der Waals surface area (Å²) in [6.07, 6.45) is -4.67. The Bertz CT molecular complexity index is 870. The van der Waals surface area contributed by atoms with Crippen molar-refractivity contribution in [2.24, 2.45) is 0 Å². The fourth-order valence-corrected chi connectivity index (χ4v) is 2.67. The second-order valence-electron chi connectivity index (χ2n) is 5.50. The van der Waals surface area contributed by atoms with E-state index in [0.717, 1.165) is 18.2 Å². The molecule has 6 nitrogen and oxygen atoms in total. The van der Waals surface area contributed by atoms with Crippen LogP contribution in [0, 0.1) is 13.7 Å². The Labute approximate surface area is 160 Å². The average Bonchev–Trinajstić information content (AvgIpc) is 2.53. The molecule has 0 heterocycles. The predicted octanol–water partition coefficient (Wildman–Crippen LogP) is 4.54. The van der Waals surface area contributed by atoms with E-state index < -0.39 is 28.3 Å². The van der Waals surface area contributed by atoms with Gasteiger partial charge in [-0.25, -0.2) is 0 Å². The molecule has 138 valence electrons. The van der Waals surface area contributed by atoms with Crippen LogP contribution in [0.4, 0.5) is 30.2 Å². The lowest BCUT2D eigenvalue weighted by atomic mass is 10.1. The first-order valence-corrected chi connectivity index (χ1v) is 8.22. The molecule has 0 aliphatic carbocycles. The van der Waals surface area contributed by atoms with E-state index in [1.165, 1.54) is 23.1 Å². The molecule has 26 heavy (non-hydrogen) atoms. The van der Waals surface area contributed by atoms with E-state index in [-0.39, 0.29) is 11.3 Å². The molecule has 0 aliphatic heterocycles. The van der Waals surface area contributed by atoms with Crippen LogP contribution in [-0.2, 0) is 6.18 Å². The highest BCUT2D eigenvalue weighted by Crippen LogP contribution is 2.37. The first-order valence-electron chi connectivity index (χ1n) is 7.14. The number of nitro groups is 1. The maximum atomic E-state index is 13.3. The second-order valence-corrected chi connectivity index (χ2v) is 6.66. The molecular formula is C16H13F3IN3O3. The second kappa shape index (κ2) is 7.48. The number of amides is 1. The van der Waals surface area contributed by atoms with Crippen molar-refractivity contribution in [1.82, 2.24) is 0 Å². The summed E-state index contributed by atoms with van der Waals surface area (Å²) < 4.78 is 40.2. The molecule has 0 atom stereocenters. The molecule has 0 fully saturated rings. The van der Waals surface area contributed by atoms with Crippen molar-refractivity contribution in [2.45, 2.75) is 6.18 Å². The zero-order valence-corrected chi connectivity index (χ0v) is 15.8. The van der Waals surface area contributed by atoms with Gasteiger partial charge in [-0.2, -0.15) is 13.2 Å². The number of alkyl halides is 3. The van der Waals surface area contributed by atoms with Crippen molar-refractivity contribution in [2.75, 3.05) is 24.3 Å². The summed E-state index contributed by atoms with van der Waals surface area (Å²) in [5, 5.41) is 13.1. The molecule has 0 bridgehead atoms. The molecule has 0 aliphatic rings. The number of hydrogen-bond acceptors (Lipinski definition) is 4. The van der Waals surface area contributed by atoms with E-state index in [0.29, 0.717) is 9.26 Å². The van der Waals surface area contributed by atoms with E-state index in [1.54, 1.807) is 36.7 Å². The molecule has 2 aromatic carbocycles. The van der Waals surface area contributed by atoms with Gasteiger partial charge in [-0.1, -0.05) is 0 Å². The third-order valence-electron chi connectivity index (χ3n) is 3.48. The Morgan fingerprint density at radius 3 is 2.38 bits per heavy atom. The lowest BCUT2D eigenvalue weighted by Crippen LogP contribution is -2.18. The lowest BCUT2D eigenvalue weighted by molar-refractivity contribution is -0.385. The summed E-state index contributed by atoms with van der Waals surface area (Å²) in [5.74, 6) is -0.868. The number of anilines is 2. The van der Waals surface area contributed by atoms with Crippen LogP contribution >= 0.6 is 22.6 Å². The maximum Gasteiger partial charge on any atom is 0.418 e. The minimum absolute atomic E-state index is 0.109. The molecule has 0 saturated carbocycles. The average molecular weight is 479 g/mol. The largest absolute Gasteiger partial charge is 0.418 e. The summed E-state index contributed by atoms with van der Waals surface area (Å²) in [6.45, 7) is 0. The summed E-state index contributed by atoms with van der Waals surface area (Å²) in [7, 11) is 3.19. The fraction of sp³-hybridized carbons (Fsp3) is 0.188. The van der Waals surface area contributed by atoms with Gasteiger partial charge in [-0.05, 0) is 52.9 Å². The fourth-order valence-electron chi connectivity index (χ4n) is 2.14. The number of halogens is 4. The van der Waals surface area contributed by atoms with Crippen molar-refractivity contribution in [3.8, 4) is 0 Å². The van der Waals surface area contributed by atoms with Crippen molar-refractivity contribution in [1.29, 1.82) is 0 Å². The first kappa shape index (κ1) is 19.9. The lowest BCUT2D eigenvalue weighted by Gasteiger charge is -2.18. The van der Waals surface area contributed by atoms with Crippen LogP contribution in [0.2, 0.25) is 0 Å². The zero-order chi connectivity index (χ0) is 19.6. The summed E-state index contributed by atoms with van der Waals surface area (Å²) in [6, 6.07) is 7.20. The van der Waals surface area contributed by atoms with Crippen LogP contribution in [0.5, 0.6) is 0 Å².